The van der Waals surface area contributed by atoms with Crippen molar-refractivity contribution < 1.29 is 14.3 Å². The summed E-state index contributed by atoms with van der Waals surface area (Å²) in [5.41, 5.74) is 2.66. The minimum atomic E-state index is -0.282. The quantitative estimate of drug-likeness (QED) is 0.344. The summed E-state index contributed by atoms with van der Waals surface area (Å²) in [6, 6.07) is 0. The summed E-state index contributed by atoms with van der Waals surface area (Å²) in [5, 5.41) is 0. The highest BCUT2D eigenvalue weighted by Crippen LogP contribution is 2.59. The van der Waals surface area contributed by atoms with E-state index in [2.05, 4.69) is 13.8 Å². The lowest BCUT2D eigenvalue weighted by molar-refractivity contribution is -0.154. The van der Waals surface area contributed by atoms with Crippen molar-refractivity contribution in [1.82, 2.24) is 0 Å². The number of fused-ring (bicyclic) bond motifs is 5. The van der Waals surface area contributed by atoms with Crippen molar-refractivity contribution in [2.24, 2.45) is 23.7 Å². The fraction of sp³-hybridized carbons (Fsp3) is 0.667. The van der Waals surface area contributed by atoms with E-state index in [-0.39, 0.29) is 23.8 Å². The van der Waals surface area contributed by atoms with Crippen molar-refractivity contribution in [2.45, 2.75) is 26.7 Å². The molecular weight excluding hydrogens is 192 g/mol. The first-order valence-corrected chi connectivity index (χ1v) is 5.54. The maximum absolute atomic E-state index is 11.6. The summed E-state index contributed by atoms with van der Waals surface area (Å²) < 4.78 is 4.74. The molecule has 1 heterocycles. The van der Waals surface area contributed by atoms with Gasteiger partial charge in [0, 0.05) is 0 Å². The van der Waals surface area contributed by atoms with E-state index in [1.54, 1.807) is 0 Å². The molecule has 3 fully saturated rings. The first-order valence-electron chi connectivity index (χ1n) is 5.54. The van der Waals surface area contributed by atoms with Gasteiger partial charge in [-0.05, 0) is 38.5 Å². The predicted molar refractivity (Wildman–Crippen MR) is 52.7 cm³/mol. The number of esters is 2. The van der Waals surface area contributed by atoms with Crippen LogP contribution >= 0.6 is 0 Å². The fourth-order valence-corrected chi connectivity index (χ4v) is 3.79. The van der Waals surface area contributed by atoms with Crippen molar-refractivity contribution in [3.05, 3.63) is 11.1 Å². The lowest BCUT2D eigenvalue weighted by atomic mass is 9.81. The molecule has 2 saturated carbocycles. The first kappa shape index (κ1) is 9.13. The van der Waals surface area contributed by atoms with Gasteiger partial charge in [-0.1, -0.05) is 11.1 Å². The molecule has 2 unspecified atom stereocenters. The largest absolute Gasteiger partial charge is 0.393 e. The highest BCUT2D eigenvalue weighted by Gasteiger charge is 2.62. The molecule has 0 spiro atoms. The van der Waals surface area contributed by atoms with Crippen molar-refractivity contribution in [2.75, 3.05) is 0 Å². The van der Waals surface area contributed by atoms with Gasteiger partial charge in [-0.3, -0.25) is 9.59 Å². The molecule has 0 aromatic heterocycles. The van der Waals surface area contributed by atoms with E-state index < -0.39 is 0 Å². The molecule has 0 radical (unpaired) electrons. The van der Waals surface area contributed by atoms with Crippen molar-refractivity contribution in [3.63, 3.8) is 0 Å². The average molecular weight is 206 g/mol. The molecule has 80 valence electrons. The summed E-state index contributed by atoms with van der Waals surface area (Å²) in [6.07, 6.45) is 2.10. The number of carbonyl (C=O) groups excluding carboxylic acids is 2. The molecule has 4 atom stereocenters. The molecule has 2 aliphatic carbocycles. The maximum atomic E-state index is 11.6. The molecule has 1 aliphatic heterocycles. The number of hydrogen-bond acceptors (Lipinski definition) is 3. The van der Waals surface area contributed by atoms with Crippen LogP contribution in [0.15, 0.2) is 11.1 Å². The molecule has 0 aromatic rings. The molecule has 3 heteroatoms. The van der Waals surface area contributed by atoms with E-state index in [4.69, 9.17) is 4.74 Å². The summed E-state index contributed by atoms with van der Waals surface area (Å²) >= 11 is 0. The first-order chi connectivity index (χ1) is 7.11. The van der Waals surface area contributed by atoms with Gasteiger partial charge >= 0.3 is 11.9 Å². The Bertz CT molecular complexity index is 360. The van der Waals surface area contributed by atoms with Gasteiger partial charge < -0.3 is 4.74 Å². The van der Waals surface area contributed by atoms with Crippen LogP contribution in [-0.4, -0.2) is 11.9 Å². The Kier molecular flexibility index (Phi) is 1.65. The van der Waals surface area contributed by atoms with Gasteiger partial charge in [0.05, 0.1) is 11.8 Å². The zero-order chi connectivity index (χ0) is 10.7. The molecule has 1 saturated heterocycles. The summed E-state index contributed by atoms with van der Waals surface area (Å²) in [7, 11) is 0. The monoisotopic (exact) mass is 206 g/mol. The number of carbonyl (C=O) groups is 2. The Balaban J connectivity index is 2.10. The summed E-state index contributed by atoms with van der Waals surface area (Å²) in [6.45, 7) is 4.16. The molecule has 3 aliphatic rings. The lowest BCUT2D eigenvalue weighted by Crippen LogP contribution is -2.24. The summed E-state index contributed by atoms with van der Waals surface area (Å²) in [5.74, 6) is -0.276. The second-order valence-corrected chi connectivity index (χ2v) is 5.04. The fourth-order valence-electron chi connectivity index (χ4n) is 3.79. The van der Waals surface area contributed by atoms with E-state index in [1.165, 1.54) is 11.1 Å². The minimum Gasteiger partial charge on any atom is -0.393 e. The second kappa shape index (κ2) is 2.71. The van der Waals surface area contributed by atoms with Gasteiger partial charge in [0.1, 0.15) is 0 Å². The van der Waals surface area contributed by atoms with E-state index in [0.29, 0.717) is 11.8 Å². The van der Waals surface area contributed by atoms with Crippen LogP contribution in [0.1, 0.15) is 26.7 Å². The maximum Gasteiger partial charge on any atom is 0.318 e. The molecule has 0 aromatic carbocycles. The van der Waals surface area contributed by atoms with E-state index in [9.17, 15) is 9.59 Å². The van der Waals surface area contributed by atoms with Gasteiger partial charge in [-0.2, -0.15) is 0 Å². The van der Waals surface area contributed by atoms with Crippen LogP contribution in [0, 0.1) is 23.7 Å². The summed E-state index contributed by atoms with van der Waals surface area (Å²) in [4.78, 5) is 23.1. The van der Waals surface area contributed by atoms with Crippen molar-refractivity contribution in [3.8, 4) is 0 Å². The molecule has 2 bridgehead atoms. The van der Waals surface area contributed by atoms with Crippen molar-refractivity contribution in [1.29, 1.82) is 0 Å². The third-order valence-corrected chi connectivity index (χ3v) is 4.16. The molecule has 3 nitrogen and oxygen atoms in total. The Labute approximate surface area is 88.5 Å². The number of allylic oxidation sites excluding steroid dienone is 2. The van der Waals surface area contributed by atoms with E-state index in [1.807, 2.05) is 0 Å². The highest BCUT2D eigenvalue weighted by molar-refractivity contribution is 5.98. The number of hydrogen-bond donors (Lipinski definition) is 0. The molecule has 3 rings (SSSR count). The average Bonchev–Trinajstić information content (AvgIpc) is 2.77. The van der Waals surface area contributed by atoms with Crippen LogP contribution in [0.4, 0.5) is 0 Å². The van der Waals surface area contributed by atoms with E-state index >= 15 is 0 Å². The molecule has 15 heavy (non-hydrogen) atoms. The Hall–Kier alpha value is -1.12. The molecular formula is C12H14O3. The topological polar surface area (TPSA) is 43.4 Å². The normalized spacial score (nSPS) is 42.1. The Morgan fingerprint density at radius 2 is 1.53 bits per heavy atom. The van der Waals surface area contributed by atoms with Gasteiger partial charge in [0.15, 0.2) is 0 Å². The minimum absolute atomic E-state index is 0.152. The Morgan fingerprint density at radius 1 is 1.07 bits per heavy atom. The zero-order valence-corrected chi connectivity index (χ0v) is 8.95. The number of cyclic esters (lactones) is 2. The predicted octanol–water partition coefficient (Wildman–Crippen LogP) is 1.68. The smallest absolute Gasteiger partial charge is 0.318 e. The van der Waals surface area contributed by atoms with E-state index in [0.717, 1.165) is 12.8 Å². The third kappa shape index (κ3) is 0.959. The van der Waals surface area contributed by atoms with Crippen molar-refractivity contribution >= 4 is 11.9 Å². The zero-order valence-electron chi connectivity index (χ0n) is 8.95. The van der Waals surface area contributed by atoms with Crippen LogP contribution < -0.4 is 0 Å². The highest BCUT2D eigenvalue weighted by atomic mass is 16.6. The molecule has 0 amide bonds. The van der Waals surface area contributed by atoms with Crippen LogP contribution in [-0.2, 0) is 14.3 Å². The van der Waals surface area contributed by atoms with Gasteiger partial charge in [0.2, 0.25) is 0 Å². The van der Waals surface area contributed by atoms with Gasteiger partial charge in [0.25, 0.3) is 0 Å². The van der Waals surface area contributed by atoms with Crippen LogP contribution in [0.3, 0.4) is 0 Å². The second-order valence-electron chi connectivity index (χ2n) is 5.04. The lowest BCUT2D eigenvalue weighted by Gasteiger charge is -2.16. The third-order valence-electron chi connectivity index (χ3n) is 4.16. The van der Waals surface area contributed by atoms with Crippen LogP contribution in [0.5, 0.6) is 0 Å². The van der Waals surface area contributed by atoms with Gasteiger partial charge in [-0.15, -0.1) is 0 Å². The van der Waals surface area contributed by atoms with Crippen LogP contribution in [0.2, 0.25) is 0 Å². The number of rotatable bonds is 0. The Morgan fingerprint density at radius 3 is 1.93 bits per heavy atom. The van der Waals surface area contributed by atoms with Gasteiger partial charge in [-0.25, -0.2) is 0 Å². The SMILES string of the molecule is CC(C)=C1C2CCC1[C@@H]1C(=O)OC(=O)[C@H]21. The number of ether oxygens (including phenoxy) is 1. The molecule has 0 N–H and O–H groups in total. The van der Waals surface area contributed by atoms with Crippen LogP contribution in [0.25, 0.3) is 0 Å². The standard InChI is InChI=1S/C12H14O3/c1-5(2)8-6-3-4-7(8)10-9(6)11(13)15-12(10)14/h6-7,9-10H,3-4H2,1-2H3/t6?,7?,9-,10+.